The van der Waals surface area contributed by atoms with Crippen LogP contribution in [0.5, 0.6) is 11.5 Å². The standard InChI is InChI=1S/C14H19NO.C12H11NO.2C2H6/c1-9(2)8-11-6-7-16-12-5-4-10(3)14(15)13(11)12;1-8-2-3-10-11-9(5-7-14-10)4-6-13-12(8)11;2*1-2/h4-5,8-9H,6-7,15H2,1-3H3;2-4,6H,5,7H2,1H3;2*1-2H3/b11-8-;;;. The van der Waals surface area contributed by atoms with E-state index < -0.39 is 0 Å². The maximum atomic E-state index is 6.15. The number of anilines is 1. The maximum absolute atomic E-state index is 6.15. The summed E-state index contributed by atoms with van der Waals surface area (Å²) in [6.45, 7) is 18.0. The van der Waals surface area contributed by atoms with Crippen molar-refractivity contribution in [1.82, 2.24) is 4.98 Å². The lowest BCUT2D eigenvalue weighted by molar-refractivity contribution is 0.316. The Morgan fingerprint density at radius 2 is 1.47 bits per heavy atom. The second-order valence-electron chi connectivity index (χ2n) is 8.38. The number of nitrogen functional groups attached to an aromatic ring is 1. The Kier molecular flexibility index (Phi) is 10.4. The van der Waals surface area contributed by atoms with Gasteiger partial charge in [0.1, 0.15) is 11.5 Å². The van der Waals surface area contributed by atoms with Crippen molar-refractivity contribution >= 4 is 22.2 Å². The molecule has 0 amide bonds. The highest BCUT2D eigenvalue weighted by molar-refractivity contribution is 5.91. The Hall–Kier alpha value is -3.01. The summed E-state index contributed by atoms with van der Waals surface area (Å²) < 4.78 is 11.3. The molecule has 0 unspecified atom stereocenters. The van der Waals surface area contributed by atoms with Crippen molar-refractivity contribution in [1.29, 1.82) is 0 Å². The molecule has 0 saturated heterocycles. The quantitative estimate of drug-likeness (QED) is 0.373. The zero-order valence-electron chi connectivity index (χ0n) is 22.3. The molecule has 2 aromatic carbocycles. The molecule has 34 heavy (non-hydrogen) atoms. The summed E-state index contributed by atoms with van der Waals surface area (Å²) in [5, 5.41) is 1.21. The highest BCUT2D eigenvalue weighted by Crippen LogP contribution is 2.39. The molecule has 0 radical (unpaired) electrons. The fourth-order valence-corrected chi connectivity index (χ4v) is 4.16. The molecule has 2 N–H and O–H groups in total. The molecule has 0 spiro atoms. The van der Waals surface area contributed by atoms with Crippen molar-refractivity contribution in [2.24, 2.45) is 5.92 Å². The van der Waals surface area contributed by atoms with E-state index in [1.54, 1.807) is 0 Å². The molecule has 184 valence electrons. The molecular formula is C30H42N2O2. The van der Waals surface area contributed by atoms with Gasteiger partial charge in [-0.25, -0.2) is 0 Å². The minimum Gasteiger partial charge on any atom is -0.493 e. The summed E-state index contributed by atoms with van der Waals surface area (Å²) in [5.74, 6) is 2.46. The lowest BCUT2D eigenvalue weighted by atomic mass is 9.93. The second-order valence-corrected chi connectivity index (χ2v) is 8.38. The number of hydrogen-bond acceptors (Lipinski definition) is 4. The summed E-state index contributed by atoms with van der Waals surface area (Å²) >= 11 is 0. The summed E-state index contributed by atoms with van der Waals surface area (Å²) in [7, 11) is 0. The molecule has 0 bridgehead atoms. The van der Waals surface area contributed by atoms with Crippen LogP contribution in [-0.2, 0) is 6.42 Å². The van der Waals surface area contributed by atoms with Gasteiger partial charge in [-0.1, -0.05) is 59.8 Å². The Morgan fingerprint density at radius 1 is 0.853 bits per heavy atom. The van der Waals surface area contributed by atoms with Crippen molar-refractivity contribution in [3.05, 3.63) is 64.9 Å². The maximum Gasteiger partial charge on any atom is 0.129 e. The third-order valence-electron chi connectivity index (χ3n) is 5.68. The average molecular weight is 463 g/mol. The van der Waals surface area contributed by atoms with E-state index in [4.69, 9.17) is 15.2 Å². The molecule has 0 atom stereocenters. The van der Waals surface area contributed by atoms with Crippen LogP contribution in [0, 0.1) is 19.8 Å². The van der Waals surface area contributed by atoms with Crippen molar-refractivity contribution in [3.63, 3.8) is 0 Å². The number of allylic oxidation sites excluding steroid dienone is 1. The smallest absolute Gasteiger partial charge is 0.129 e. The van der Waals surface area contributed by atoms with Gasteiger partial charge in [0.05, 0.1) is 18.7 Å². The predicted octanol–water partition coefficient (Wildman–Crippen LogP) is 7.93. The monoisotopic (exact) mass is 462 g/mol. The number of pyridine rings is 1. The van der Waals surface area contributed by atoms with Crippen LogP contribution in [0.3, 0.4) is 0 Å². The van der Waals surface area contributed by atoms with Crippen LogP contribution in [0.2, 0.25) is 0 Å². The van der Waals surface area contributed by atoms with E-state index in [0.717, 1.165) is 59.9 Å². The fourth-order valence-electron chi connectivity index (χ4n) is 4.16. The molecule has 1 aromatic heterocycles. The molecule has 4 heteroatoms. The van der Waals surface area contributed by atoms with Crippen LogP contribution >= 0.6 is 0 Å². The molecule has 0 saturated carbocycles. The summed E-state index contributed by atoms with van der Waals surface area (Å²) in [6.07, 6.45) is 6.13. The van der Waals surface area contributed by atoms with E-state index in [2.05, 4.69) is 44.0 Å². The van der Waals surface area contributed by atoms with Crippen molar-refractivity contribution < 1.29 is 9.47 Å². The van der Waals surface area contributed by atoms with Gasteiger partial charge in [0, 0.05) is 35.7 Å². The van der Waals surface area contributed by atoms with E-state index in [1.807, 2.05) is 59.0 Å². The average Bonchev–Trinajstić information content (AvgIpc) is 2.86. The van der Waals surface area contributed by atoms with E-state index in [1.165, 1.54) is 22.1 Å². The first-order valence-electron chi connectivity index (χ1n) is 12.7. The molecule has 0 fully saturated rings. The minimum atomic E-state index is 0.542. The number of hydrogen-bond donors (Lipinski definition) is 1. The predicted molar refractivity (Wildman–Crippen MR) is 147 cm³/mol. The van der Waals surface area contributed by atoms with E-state index >= 15 is 0 Å². The zero-order valence-corrected chi connectivity index (χ0v) is 22.3. The second kappa shape index (κ2) is 13.0. The number of benzene rings is 2. The van der Waals surface area contributed by atoms with Crippen molar-refractivity contribution in [2.75, 3.05) is 18.9 Å². The highest BCUT2D eigenvalue weighted by Gasteiger charge is 2.19. The topological polar surface area (TPSA) is 57.4 Å². The summed E-state index contributed by atoms with van der Waals surface area (Å²) in [4.78, 5) is 4.40. The van der Waals surface area contributed by atoms with Crippen LogP contribution in [0.4, 0.5) is 5.69 Å². The number of aryl methyl sites for hydroxylation is 2. The first-order chi connectivity index (χ1) is 16.5. The third-order valence-corrected chi connectivity index (χ3v) is 5.68. The lowest BCUT2D eigenvalue weighted by Crippen LogP contribution is -2.11. The normalized spacial score (nSPS) is 14.3. The molecule has 3 heterocycles. The Bertz CT molecular complexity index is 1110. The third kappa shape index (κ3) is 6.11. The van der Waals surface area contributed by atoms with Gasteiger partial charge in [-0.05, 0) is 60.2 Å². The van der Waals surface area contributed by atoms with Crippen LogP contribution in [-0.4, -0.2) is 18.2 Å². The van der Waals surface area contributed by atoms with Crippen LogP contribution < -0.4 is 15.2 Å². The Labute approximate surface area is 206 Å². The molecule has 5 rings (SSSR count). The van der Waals surface area contributed by atoms with Crippen LogP contribution in [0.15, 0.2) is 42.6 Å². The summed E-state index contributed by atoms with van der Waals surface area (Å²) in [5.41, 5.74) is 14.2. The SMILES string of the molecule is CC.CC.Cc1ccc2c(c1N)/C(=C\C(C)C)CCO2.Cc1ccc2c3c(ccnc13)CCO2. The highest BCUT2D eigenvalue weighted by atomic mass is 16.5. The Balaban J connectivity index is 0.000000211. The van der Waals surface area contributed by atoms with Crippen molar-refractivity contribution in [3.8, 4) is 11.5 Å². The molecular weight excluding hydrogens is 420 g/mol. The molecule has 0 aliphatic carbocycles. The van der Waals surface area contributed by atoms with Crippen LogP contribution in [0.25, 0.3) is 16.5 Å². The number of fused-ring (bicyclic) bond motifs is 1. The van der Waals surface area contributed by atoms with Gasteiger partial charge in [-0.15, -0.1) is 0 Å². The van der Waals surface area contributed by atoms with Crippen molar-refractivity contribution in [2.45, 2.75) is 68.2 Å². The van der Waals surface area contributed by atoms with Crippen LogP contribution in [0.1, 0.15) is 70.2 Å². The van der Waals surface area contributed by atoms with Gasteiger partial charge >= 0.3 is 0 Å². The number of ether oxygens (including phenoxy) is 2. The number of rotatable bonds is 1. The molecule has 2 aliphatic rings. The molecule has 2 aliphatic heterocycles. The van der Waals surface area contributed by atoms with Gasteiger partial charge in [0.25, 0.3) is 0 Å². The first-order valence-corrected chi connectivity index (χ1v) is 12.7. The van der Waals surface area contributed by atoms with E-state index in [-0.39, 0.29) is 0 Å². The fraction of sp³-hybridized carbons (Fsp3) is 0.433. The van der Waals surface area contributed by atoms with Gasteiger partial charge in [-0.3, -0.25) is 4.98 Å². The Morgan fingerprint density at radius 3 is 2.18 bits per heavy atom. The minimum absolute atomic E-state index is 0.542. The zero-order chi connectivity index (χ0) is 25.3. The van der Waals surface area contributed by atoms with E-state index in [0.29, 0.717) is 5.92 Å². The molecule has 3 aromatic rings. The number of nitrogens with zero attached hydrogens (tertiary/aromatic N) is 1. The lowest BCUT2D eigenvalue weighted by Gasteiger charge is -2.23. The largest absolute Gasteiger partial charge is 0.493 e. The number of nitrogens with two attached hydrogens (primary N) is 1. The van der Waals surface area contributed by atoms with Gasteiger partial charge < -0.3 is 15.2 Å². The first kappa shape index (κ1) is 27.2. The number of aromatic nitrogens is 1. The van der Waals surface area contributed by atoms with Gasteiger partial charge in [0.2, 0.25) is 0 Å². The van der Waals surface area contributed by atoms with Gasteiger partial charge in [-0.2, -0.15) is 0 Å². The van der Waals surface area contributed by atoms with Gasteiger partial charge in [0.15, 0.2) is 0 Å². The molecule has 4 nitrogen and oxygen atoms in total. The van der Waals surface area contributed by atoms with E-state index in [9.17, 15) is 0 Å². The summed E-state index contributed by atoms with van der Waals surface area (Å²) in [6, 6.07) is 10.2.